The van der Waals surface area contributed by atoms with E-state index in [0.717, 1.165) is 43.0 Å². The number of pyridine rings is 1. The van der Waals surface area contributed by atoms with E-state index in [2.05, 4.69) is 10.6 Å². The summed E-state index contributed by atoms with van der Waals surface area (Å²) in [5.41, 5.74) is 2.67. The molecule has 1 aliphatic carbocycles. The third-order valence-electron chi connectivity index (χ3n) is 7.75. The number of nitrogens with one attached hydrogen (secondary N) is 2. The highest BCUT2D eigenvalue weighted by atomic mass is 16.5. The van der Waals surface area contributed by atoms with Crippen molar-refractivity contribution in [3.05, 3.63) is 54.4 Å². The van der Waals surface area contributed by atoms with Crippen molar-refractivity contribution in [2.45, 2.75) is 51.5 Å². The van der Waals surface area contributed by atoms with E-state index < -0.39 is 18.0 Å². The third-order valence-corrected chi connectivity index (χ3v) is 7.75. The lowest BCUT2D eigenvalue weighted by atomic mass is 9.82. The smallest absolute Gasteiger partial charge is 0.325 e. The number of carbonyl (C=O) groups excluding carboxylic acids is 3. The summed E-state index contributed by atoms with van der Waals surface area (Å²) in [4.78, 5) is 54.1. The van der Waals surface area contributed by atoms with Gasteiger partial charge in [-0.05, 0) is 37.0 Å². The molecule has 1 saturated carbocycles. The Labute approximate surface area is 236 Å². The quantitative estimate of drug-likeness (QED) is 0.257. The van der Waals surface area contributed by atoms with Gasteiger partial charge < -0.3 is 20.5 Å². The second-order valence-electron chi connectivity index (χ2n) is 10.4. The number of rotatable bonds is 9. The number of esters is 1. The van der Waals surface area contributed by atoms with Crippen LogP contribution in [0.3, 0.4) is 0 Å². The fourth-order valence-electron chi connectivity index (χ4n) is 5.71. The van der Waals surface area contributed by atoms with Gasteiger partial charge in [-0.15, -0.1) is 0 Å². The molecule has 0 radical (unpaired) electrons. The zero-order valence-corrected chi connectivity index (χ0v) is 23.1. The molecule has 1 aliphatic rings. The number of fused-ring (bicyclic) bond motifs is 2. The average Bonchev–Trinajstić information content (AvgIpc) is 3.53. The van der Waals surface area contributed by atoms with Gasteiger partial charge in [0.2, 0.25) is 5.91 Å². The summed E-state index contributed by atoms with van der Waals surface area (Å²) < 4.78 is 8.08. The van der Waals surface area contributed by atoms with Crippen molar-refractivity contribution < 1.29 is 29.0 Å². The number of ether oxygens (including phenoxy) is 1. The van der Waals surface area contributed by atoms with Gasteiger partial charge in [0.15, 0.2) is 0 Å². The standard InChI is InChI=1S/C30H33N5O6/c1-18(36)35-17-22(21-10-6-7-11-24(21)35)28-29(31-16-27(39)41-2)34-13-12-20(14-25(34)33-28)30(40)32-23(15-26(37)38)19-8-4-3-5-9-19/h6-7,10-14,17,19,23,31H,3-5,8-9,15-16H2,1-2H3,(H,32,40)(H,37,38). The van der Waals surface area contributed by atoms with Gasteiger partial charge in [0.1, 0.15) is 23.7 Å². The first-order valence-corrected chi connectivity index (χ1v) is 13.7. The van der Waals surface area contributed by atoms with Crippen molar-refractivity contribution in [1.82, 2.24) is 19.3 Å². The average molecular weight is 560 g/mol. The molecular weight excluding hydrogens is 526 g/mol. The Morgan fingerprint density at radius 1 is 1.12 bits per heavy atom. The number of hydrogen-bond donors (Lipinski definition) is 3. The van der Waals surface area contributed by atoms with Crippen LogP contribution >= 0.6 is 0 Å². The van der Waals surface area contributed by atoms with E-state index in [1.165, 1.54) is 14.0 Å². The van der Waals surface area contributed by atoms with Gasteiger partial charge in [0.25, 0.3) is 5.91 Å². The Bertz CT molecular complexity index is 1630. The summed E-state index contributed by atoms with van der Waals surface area (Å²) >= 11 is 0. The molecule has 41 heavy (non-hydrogen) atoms. The Kier molecular flexibility index (Phi) is 8.04. The van der Waals surface area contributed by atoms with Gasteiger partial charge >= 0.3 is 11.9 Å². The molecular formula is C30H33N5O6. The zero-order chi connectivity index (χ0) is 29.1. The highest BCUT2D eigenvalue weighted by molar-refractivity contribution is 6.03. The molecule has 0 spiro atoms. The molecule has 1 atom stereocenters. The van der Waals surface area contributed by atoms with Gasteiger partial charge in [0, 0.05) is 41.9 Å². The molecule has 0 saturated heterocycles. The number of carbonyl (C=O) groups is 4. The summed E-state index contributed by atoms with van der Waals surface area (Å²) in [7, 11) is 1.30. The number of aliphatic carboxylic acids is 1. The number of carboxylic acids is 1. The Balaban J connectivity index is 1.54. The highest BCUT2D eigenvalue weighted by Crippen LogP contribution is 2.36. The molecule has 11 heteroatoms. The summed E-state index contributed by atoms with van der Waals surface area (Å²) in [6.07, 6.45) is 8.23. The van der Waals surface area contributed by atoms with Gasteiger partial charge in [-0.3, -0.25) is 28.1 Å². The third kappa shape index (κ3) is 5.79. The number of carboxylic acid groups (broad SMARTS) is 1. The minimum Gasteiger partial charge on any atom is -0.481 e. The van der Waals surface area contributed by atoms with Crippen LogP contribution in [-0.2, 0) is 14.3 Å². The first kappa shape index (κ1) is 27.9. The fraction of sp³-hybridized carbons (Fsp3) is 0.367. The second-order valence-corrected chi connectivity index (χ2v) is 10.4. The summed E-state index contributed by atoms with van der Waals surface area (Å²) in [6.45, 7) is 1.36. The lowest BCUT2D eigenvalue weighted by molar-refractivity contribution is -0.139. The van der Waals surface area contributed by atoms with Crippen LogP contribution in [0.5, 0.6) is 0 Å². The number of nitrogens with zero attached hydrogens (tertiary/aromatic N) is 3. The van der Waals surface area contributed by atoms with Crippen molar-refractivity contribution >= 4 is 46.1 Å². The maximum Gasteiger partial charge on any atom is 0.325 e. The molecule has 1 aromatic carbocycles. The molecule has 11 nitrogen and oxygen atoms in total. The number of hydrogen-bond acceptors (Lipinski definition) is 7. The predicted molar refractivity (Wildman–Crippen MR) is 153 cm³/mol. The van der Waals surface area contributed by atoms with Crippen molar-refractivity contribution in [2.24, 2.45) is 5.92 Å². The van der Waals surface area contributed by atoms with Crippen LogP contribution in [0.15, 0.2) is 48.8 Å². The van der Waals surface area contributed by atoms with Gasteiger partial charge in [-0.2, -0.15) is 0 Å². The number of imidazole rings is 1. The Morgan fingerprint density at radius 3 is 2.59 bits per heavy atom. The van der Waals surface area contributed by atoms with E-state index in [4.69, 9.17) is 9.72 Å². The lowest BCUT2D eigenvalue weighted by Gasteiger charge is -2.30. The number of methoxy groups -OCH3 is 1. The molecule has 5 rings (SSSR count). The minimum atomic E-state index is -0.944. The maximum atomic E-state index is 13.3. The molecule has 1 unspecified atom stereocenters. The largest absolute Gasteiger partial charge is 0.481 e. The number of aromatic nitrogens is 3. The summed E-state index contributed by atoms with van der Waals surface area (Å²) in [6, 6.07) is 10.3. The number of para-hydroxylation sites is 1. The van der Waals surface area contributed by atoms with E-state index >= 15 is 0 Å². The van der Waals surface area contributed by atoms with E-state index in [1.807, 2.05) is 24.3 Å². The molecule has 3 aromatic heterocycles. The van der Waals surface area contributed by atoms with Crippen LogP contribution in [0.2, 0.25) is 0 Å². The van der Waals surface area contributed by atoms with Crippen LogP contribution in [-0.4, -0.2) is 62.5 Å². The van der Waals surface area contributed by atoms with Crippen LogP contribution in [0.4, 0.5) is 5.82 Å². The predicted octanol–water partition coefficient (Wildman–Crippen LogP) is 4.35. The highest BCUT2D eigenvalue weighted by Gasteiger charge is 2.28. The van der Waals surface area contributed by atoms with Crippen LogP contribution in [0.1, 0.15) is 60.6 Å². The summed E-state index contributed by atoms with van der Waals surface area (Å²) in [5, 5.41) is 16.3. The van der Waals surface area contributed by atoms with E-state index in [1.54, 1.807) is 33.5 Å². The Hall–Kier alpha value is -4.67. The second kappa shape index (κ2) is 11.8. The number of benzene rings is 1. The Morgan fingerprint density at radius 2 is 1.88 bits per heavy atom. The van der Waals surface area contributed by atoms with E-state index in [0.29, 0.717) is 28.3 Å². The maximum absolute atomic E-state index is 13.3. The molecule has 4 aromatic rings. The molecule has 3 N–H and O–H groups in total. The van der Waals surface area contributed by atoms with Crippen molar-refractivity contribution in [1.29, 1.82) is 0 Å². The number of anilines is 1. The number of amides is 1. The van der Waals surface area contributed by atoms with Crippen LogP contribution in [0, 0.1) is 5.92 Å². The molecule has 1 fully saturated rings. The van der Waals surface area contributed by atoms with Crippen molar-refractivity contribution in [2.75, 3.05) is 19.0 Å². The first-order valence-electron chi connectivity index (χ1n) is 13.7. The SMILES string of the molecule is COC(=O)CNc1c(-c2cn(C(C)=O)c3ccccc23)nc2cc(C(=O)NC(CC(=O)O)C3CCCCC3)ccn12. The molecule has 214 valence electrons. The normalized spacial score (nSPS) is 14.6. The molecule has 3 heterocycles. The molecule has 0 bridgehead atoms. The van der Waals surface area contributed by atoms with E-state index in [9.17, 15) is 24.3 Å². The minimum absolute atomic E-state index is 0.122. The monoisotopic (exact) mass is 559 g/mol. The van der Waals surface area contributed by atoms with E-state index in [-0.39, 0.29) is 30.7 Å². The lowest BCUT2D eigenvalue weighted by Crippen LogP contribution is -2.42. The first-order chi connectivity index (χ1) is 19.8. The van der Waals surface area contributed by atoms with Crippen LogP contribution < -0.4 is 10.6 Å². The van der Waals surface area contributed by atoms with Gasteiger partial charge in [-0.1, -0.05) is 37.5 Å². The van der Waals surface area contributed by atoms with Gasteiger partial charge in [-0.25, -0.2) is 4.98 Å². The zero-order valence-electron chi connectivity index (χ0n) is 23.1. The van der Waals surface area contributed by atoms with Crippen LogP contribution in [0.25, 0.3) is 27.8 Å². The fourth-order valence-corrected chi connectivity index (χ4v) is 5.71. The van der Waals surface area contributed by atoms with Crippen molar-refractivity contribution in [3.63, 3.8) is 0 Å². The summed E-state index contributed by atoms with van der Waals surface area (Å²) in [5.74, 6) is -1.33. The van der Waals surface area contributed by atoms with Gasteiger partial charge in [0.05, 0.1) is 19.0 Å². The molecule has 0 aliphatic heterocycles. The molecule has 1 amide bonds. The topological polar surface area (TPSA) is 144 Å². The van der Waals surface area contributed by atoms with Crippen molar-refractivity contribution in [3.8, 4) is 11.3 Å².